The van der Waals surface area contributed by atoms with Crippen molar-refractivity contribution in [3.63, 3.8) is 0 Å². The van der Waals surface area contributed by atoms with Gasteiger partial charge < -0.3 is 10.6 Å². The number of carbonyl (C=O) groups excluding carboxylic acids is 1. The highest BCUT2D eigenvalue weighted by atomic mass is 35.5. The van der Waals surface area contributed by atoms with Gasteiger partial charge in [0.2, 0.25) is 5.91 Å². The monoisotopic (exact) mass is 430 g/mol. The molecule has 1 fully saturated rings. The molecule has 2 aromatic rings. The van der Waals surface area contributed by atoms with Crippen LogP contribution in [0.25, 0.3) is 5.69 Å². The fourth-order valence-corrected chi connectivity index (χ4v) is 4.00. The third kappa shape index (κ3) is 4.43. The van der Waals surface area contributed by atoms with E-state index in [1.165, 1.54) is 0 Å². The van der Waals surface area contributed by atoms with Gasteiger partial charge >= 0.3 is 0 Å². The van der Waals surface area contributed by atoms with Gasteiger partial charge in [-0.05, 0) is 57.9 Å². The lowest BCUT2D eigenvalue weighted by Gasteiger charge is -2.21. The number of hydrogen-bond acceptors (Lipinski definition) is 3. The molecule has 0 spiro atoms. The first kappa shape index (κ1) is 22.0. The third-order valence-corrected chi connectivity index (χ3v) is 5.97. The Balaban J connectivity index is 0.00000261. The molecule has 5 nitrogen and oxygen atoms in total. The minimum Gasteiger partial charge on any atom is -0.339 e. The van der Waals surface area contributed by atoms with Crippen molar-refractivity contribution in [3.05, 3.63) is 45.2 Å². The summed E-state index contributed by atoms with van der Waals surface area (Å²) >= 11 is 12.1. The van der Waals surface area contributed by atoms with Crippen LogP contribution in [-0.2, 0) is 11.2 Å². The van der Waals surface area contributed by atoms with Crippen LogP contribution in [0.3, 0.4) is 0 Å². The molecule has 27 heavy (non-hydrogen) atoms. The highest BCUT2D eigenvalue weighted by molar-refractivity contribution is 6.42. The lowest BCUT2D eigenvalue weighted by molar-refractivity contribution is -0.131. The first-order chi connectivity index (χ1) is 12.3. The van der Waals surface area contributed by atoms with Gasteiger partial charge in [0, 0.05) is 23.8 Å². The normalized spacial score (nSPS) is 19.3. The zero-order valence-corrected chi connectivity index (χ0v) is 18.0. The highest BCUT2D eigenvalue weighted by Gasteiger charge is 2.32. The molecule has 3 rings (SSSR count). The third-order valence-electron chi connectivity index (χ3n) is 5.23. The molecule has 1 aliphatic heterocycles. The van der Waals surface area contributed by atoms with Gasteiger partial charge in [0.15, 0.2) is 0 Å². The topological polar surface area (TPSA) is 64.2 Å². The first-order valence-corrected chi connectivity index (χ1v) is 9.57. The number of likely N-dealkylation sites (tertiary alicyclic amines) is 1. The van der Waals surface area contributed by atoms with Crippen LogP contribution >= 0.6 is 35.6 Å². The van der Waals surface area contributed by atoms with E-state index in [-0.39, 0.29) is 24.4 Å². The van der Waals surface area contributed by atoms with E-state index >= 15 is 0 Å². The van der Waals surface area contributed by atoms with E-state index in [9.17, 15) is 4.79 Å². The summed E-state index contributed by atoms with van der Waals surface area (Å²) in [6.07, 6.45) is 1.32. The summed E-state index contributed by atoms with van der Waals surface area (Å²) in [5.74, 6) is 0.531. The molecule has 0 saturated carbocycles. The average Bonchev–Trinajstić information content (AvgIpc) is 3.12. The quantitative estimate of drug-likeness (QED) is 0.797. The van der Waals surface area contributed by atoms with E-state index in [0.717, 1.165) is 35.6 Å². The van der Waals surface area contributed by atoms with Crippen molar-refractivity contribution in [2.75, 3.05) is 13.1 Å². The number of nitrogens with two attached hydrogens (primary N) is 1. The molecule has 2 unspecified atom stereocenters. The molecular formula is C19H25Cl3N4O. The summed E-state index contributed by atoms with van der Waals surface area (Å²) in [7, 11) is 0. The maximum atomic E-state index is 12.8. The Morgan fingerprint density at radius 1 is 1.30 bits per heavy atom. The van der Waals surface area contributed by atoms with Gasteiger partial charge in [-0.15, -0.1) is 12.4 Å². The van der Waals surface area contributed by atoms with Crippen LogP contribution in [0.5, 0.6) is 0 Å². The molecule has 0 bridgehead atoms. The first-order valence-electron chi connectivity index (χ1n) is 8.81. The lowest BCUT2D eigenvalue weighted by Crippen LogP contribution is -2.35. The van der Waals surface area contributed by atoms with Gasteiger partial charge in [0.05, 0.1) is 27.8 Å². The standard InChI is InChI=1S/C19H24Cl2N4O.ClH/c1-11-6-14(9-22)10-24(11)19(26)8-16-12(2)23-25(13(16)3)15-4-5-17(20)18(21)7-15;/h4-5,7,11,14H,6,8-10,22H2,1-3H3;1H. The van der Waals surface area contributed by atoms with E-state index < -0.39 is 0 Å². The average molecular weight is 432 g/mol. The van der Waals surface area contributed by atoms with Gasteiger partial charge in [-0.3, -0.25) is 4.79 Å². The maximum Gasteiger partial charge on any atom is 0.227 e. The van der Waals surface area contributed by atoms with Crippen LogP contribution in [-0.4, -0.2) is 39.7 Å². The summed E-state index contributed by atoms with van der Waals surface area (Å²) in [6, 6.07) is 5.64. The van der Waals surface area contributed by atoms with E-state index in [0.29, 0.717) is 28.9 Å². The molecule has 0 aliphatic carbocycles. The summed E-state index contributed by atoms with van der Waals surface area (Å²) in [5, 5.41) is 5.59. The fraction of sp³-hybridized carbons (Fsp3) is 0.474. The van der Waals surface area contributed by atoms with E-state index in [2.05, 4.69) is 12.0 Å². The molecule has 148 valence electrons. The minimum absolute atomic E-state index is 0. The number of rotatable bonds is 4. The number of amides is 1. The Morgan fingerprint density at radius 2 is 2.00 bits per heavy atom. The Labute approximate surface area is 176 Å². The predicted molar refractivity (Wildman–Crippen MR) is 112 cm³/mol. The summed E-state index contributed by atoms with van der Waals surface area (Å²) in [6.45, 7) is 7.37. The van der Waals surface area contributed by atoms with E-state index in [1.54, 1.807) is 12.1 Å². The van der Waals surface area contributed by atoms with E-state index in [4.69, 9.17) is 28.9 Å². The largest absolute Gasteiger partial charge is 0.339 e. The molecular weight excluding hydrogens is 407 g/mol. The second kappa shape index (κ2) is 8.82. The molecule has 1 amide bonds. The predicted octanol–water partition coefficient (Wildman–Crippen LogP) is 3.96. The van der Waals surface area contributed by atoms with Crippen molar-refractivity contribution in [2.24, 2.45) is 11.7 Å². The smallest absolute Gasteiger partial charge is 0.227 e. The number of nitrogens with zero attached hydrogens (tertiary/aromatic N) is 3. The molecule has 2 atom stereocenters. The molecule has 1 aromatic heterocycles. The molecule has 1 saturated heterocycles. The molecule has 2 N–H and O–H groups in total. The van der Waals surface area contributed by atoms with Crippen LogP contribution in [0, 0.1) is 19.8 Å². The minimum atomic E-state index is 0. The van der Waals surface area contributed by atoms with Crippen LogP contribution in [0.4, 0.5) is 0 Å². The number of benzene rings is 1. The maximum absolute atomic E-state index is 12.8. The number of carbonyl (C=O) groups is 1. The van der Waals surface area contributed by atoms with Gasteiger partial charge in [-0.1, -0.05) is 23.2 Å². The SMILES string of the molecule is Cc1nn(-c2ccc(Cl)c(Cl)c2)c(C)c1CC(=O)N1CC(CN)CC1C.Cl. The van der Waals surface area contributed by atoms with Crippen molar-refractivity contribution in [1.29, 1.82) is 0 Å². The fourth-order valence-electron chi connectivity index (χ4n) is 3.71. The van der Waals surface area contributed by atoms with Gasteiger partial charge in [-0.25, -0.2) is 4.68 Å². The number of aryl methyl sites for hydroxylation is 1. The summed E-state index contributed by atoms with van der Waals surface area (Å²) < 4.78 is 1.82. The number of aromatic nitrogens is 2. The van der Waals surface area contributed by atoms with Gasteiger partial charge in [-0.2, -0.15) is 5.10 Å². The lowest BCUT2D eigenvalue weighted by atomic mass is 10.1. The van der Waals surface area contributed by atoms with Crippen LogP contribution in [0.2, 0.25) is 10.0 Å². The Kier molecular flexibility index (Phi) is 7.20. The zero-order chi connectivity index (χ0) is 19.0. The second-order valence-electron chi connectivity index (χ2n) is 7.07. The summed E-state index contributed by atoms with van der Waals surface area (Å²) in [5.41, 5.74) is 9.36. The summed E-state index contributed by atoms with van der Waals surface area (Å²) in [4.78, 5) is 14.8. The van der Waals surface area contributed by atoms with Crippen molar-refractivity contribution < 1.29 is 4.79 Å². The van der Waals surface area contributed by atoms with Crippen molar-refractivity contribution in [1.82, 2.24) is 14.7 Å². The Bertz CT molecular complexity index is 837. The second-order valence-corrected chi connectivity index (χ2v) is 7.88. The number of halogens is 3. The zero-order valence-electron chi connectivity index (χ0n) is 15.7. The van der Waals surface area contributed by atoms with E-state index in [1.807, 2.05) is 29.5 Å². The van der Waals surface area contributed by atoms with Crippen molar-refractivity contribution in [2.45, 2.75) is 39.7 Å². The van der Waals surface area contributed by atoms with Gasteiger partial charge in [0.25, 0.3) is 0 Å². The van der Waals surface area contributed by atoms with Crippen LogP contribution in [0.15, 0.2) is 18.2 Å². The van der Waals surface area contributed by atoms with Crippen LogP contribution in [0.1, 0.15) is 30.3 Å². The molecule has 8 heteroatoms. The Morgan fingerprint density at radius 3 is 2.59 bits per heavy atom. The molecule has 0 radical (unpaired) electrons. The molecule has 1 aromatic carbocycles. The van der Waals surface area contributed by atoms with Crippen LogP contribution < -0.4 is 5.73 Å². The van der Waals surface area contributed by atoms with Crippen molar-refractivity contribution >= 4 is 41.5 Å². The van der Waals surface area contributed by atoms with Crippen molar-refractivity contribution in [3.8, 4) is 5.69 Å². The number of hydrogen-bond donors (Lipinski definition) is 1. The molecule has 1 aliphatic rings. The Hall–Kier alpha value is -1.27. The highest BCUT2D eigenvalue weighted by Crippen LogP contribution is 2.27. The molecule has 2 heterocycles. The van der Waals surface area contributed by atoms with Gasteiger partial charge in [0.1, 0.15) is 0 Å².